The van der Waals surface area contributed by atoms with E-state index in [1.54, 1.807) is 0 Å². The summed E-state index contributed by atoms with van der Waals surface area (Å²) in [7, 11) is 0. The molecule has 0 saturated carbocycles. The number of likely N-dealkylation sites (tertiary alicyclic amines) is 8. The summed E-state index contributed by atoms with van der Waals surface area (Å²) in [6, 6.07) is 0. The third kappa shape index (κ3) is 75.0. The second-order valence-corrected chi connectivity index (χ2v) is 67.6. The minimum Gasteiger partial charge on any atom is -0.388 e. The van der Waals surface area contributed by atoms with Crippen LogP contribution in [0.5, 0.6) is 0 Å². The summed E-state index contributed by atoms with van der Waals surface area (Å²) in [6.45, 7) is 159. The maximum atomic E-state index is 3.81. The van der Waals surface area contributed by atoms with Crippen LogP contribution >= 0.6 is 0 Å². The van der Waals surface area contributed by atoms with Gasteiger partial charge in [0.05, 0.1) is 0 Å². The molecule has 8 saturated heterocycles. The van der Waals surface area contributed by atoms with Gasteiger partial charge in [-0.3, -0.25) is 4.90 Å². The lowest BCUT2D eigenvalue weighted by molar-refractivity contribution is -0.0345. The first kappa shape index (κ1) is 141. The van der Waals surface area contributed by atoms with Crippen LogP contribution in [0.15, 0.2) is 12.3 Å². The Labute approximate surface area is 899 Å². The van der Waals surface area contributed by atoms with E-state index in [1.165, 1.54) is 324 Å². The van der Waals surface area contributed by atoms with Gasteiger partial charge in [-0.1, -0.05) is 429 Å². The van der Waals surface area contributed by atoms with Gasteiger partial charge in [-0.2, -0.15) is 0 Å². The van der Waals surface area contributed by atoms with Crippen molar-refractivity contribution < 1.29 is 0 Å². The Balaban J connectivity index is 0.00000158. The lowest BCUT2D eigenvalue weighted by Crippen LogP contribution is -2.59. The number of nitrogens with one attached hydrogen (secondary N) is 2. The molecule has 0 unspecified atom stereocenters. The van der Waals surface area contributed by atoms with Gasteiger partial charge in [-0.25, -0.2) is 0 Å². The standard InChI is InChI=1S/C18H37N.C17H35N.C16H34N2.C16H33N.C15H31N.C14H29N.C13H27N.C12H25N.C11H23N/c1-17(2,3)12-10-8-7-9-11-13-19-14-16(15-19)18(4,5)6;1-16(2,3)11-9-7-8-10-12-18-13-15(14-18)17(4,5)6;1-15(2)18-14-13-17-12-10-8-6-7-9-11-16(3,4)5;1-15(2,3)10-8-7-9-11-17-12-14(13-17)16(4,5)6;1-14(2,3)9-7-8-10-16-11-13(12-16)15(4,5)6;1-13(2,3)8-7-9-15-10-12(11-15)14(4,5)6;1-12(2,3)7-8-14-9-11(10-14)13(4,5)6;1-11(2,3)9-13-7-10(8-13)12(4,5)6;1-10(2,3)9-7-12(8-9)11(4,5)6/h16H,7-15H2,1-6H3;15H,7-14H2,1-6H3;17-18H,1,6-14H2,2-5H3;14H,7-13H2,1-6H3;13H,7-12H2,1-6H3;12H,7-11H2,1-6H3;11H,7-10H2,1-6H3;10H,7-9H2,1-6H3;9H,7-8H2,1-6H3. The van der Waals surface area contributed by atoms with Crippen molar-refractivity contribution in [1.82, 2.24) is 49.8 Å². The van der Waals surface area contributed by atoms with Gasteiger partial charge >= 0.3 is 0 Å². The Bertz CT molecular complexity index is 3080. The number of rotatable bonds is 39. The number of unbranched alkanes of at least 4 members (excludes halogenated alkanes) is 14. The van der Waals surface area contributed by atoms with Crippen molar-refractivity contribution in [3.8, 4) is 0 Å². The highest BCUT2D eigenvalue weighted by molar-refractivity contribution is 4.97. The molecule has 0 aromatic rings. The number of allylic oxidation sites excluding steroid dienone is 1. The highest BCUT2D eigenvalue weighted by Crippen LogP contribution is 2.43. The summed E-state index contributed by atoms with van der Waals surface area (Å²) in [5, 5.41) is 6.67. The molecule has 10 nitrogen and oxygen atoms in total. The van der Waals surface area contributed by atoms with Gasteiger partial charge < -0.3 is 44.9 Å². The molecule has 0 radical (unpaired) electrons. The summed E-state index contributed by atoms with van der Waals surface area (Å²) >= 11 is 0. The Morgan fingerprint density at radius 1 is 0.190 bits per heavy atom. The molecule has 0 atom stereocenters. The van der Waals surface area contributed by atoms with E-state index in [9.17, 15) is 0 Å². The third-order valence-electron chi connectivity index (χ3n) is 32.7. The second-order valence-electron chi connectivity index (χ2n) is 67.6. The maximum Gasteiger partial charge on any atom is 0.0268 e. The van der Waals surface area contributed by atoms with E-state index >= 15 is 0 Å². The summed E-state index contributed by atoms with van der Waals surface area (Å²) in [4.78, 5) is 20.9. The van der Waals surface area contributed by atoms with Crippen LogP contribution in [0.3, 0.4) is 0 Å². The zero-order valence-electron chi connectivity index (χ0n) is 108. The number of nitrogens with zero attached hydrogens (tertiary/aromatic N) is 8. The van der Waals surface area contributed by atoms with E-state index in [-0.39, 0.29) is 0 Å². The topological polar surface area (TPSA) is 50.0 Å². The molecule has 8 aliphatic heterocycles. The molecule has 8 aliphatic rings. The van der Waals surface area contributed by atoms with E-state index in [4.69, 9.17) is 0 Å². The van der Waals surface area contributed by atoms with Crippen molar-refractivity contribution in [2.24, 2.45) is 134 Å². The van der Waals surface area contributed by atoms with Crippen molar-refractivity contribution in [3.05, 3.63) is 12.3 Å². The minimum atomic E-state index is 0.377. The monoisotopic (exact) mass is 2000 g/mol. The van der Waals surface area contributed by atoms with Gasteiger partial charge in [-0.15, -0.1) is 0 Å². The molecule has 10 heteroatoms. The molecule has 8 rings (SSSR count). The van der Waals surface area contributed by atoms with Gasteiger partial charge in [0, 0.05) is 136 Å². The molecule has 0 spiro atoms. The molecule has 2 N–H and O–H groups in total. The van der Waals surface area contributed by atoms with E-state index < -0.39 is 0 Å². The Kier molecular flexibility index (Phi) is 62.9. The van der Waals surface area contributed by atoms with Crippen molar-refractivity contribution in [2.75, 3.05) is 170 Å². The molecule has 852 valence electrons. The average molecular weight is 2000 g/mol. The lowest BCUT2D eigenvalue weighted by Gasteiger charge is -2.52. The van der Waals surface area contributed by atoms with Crippen molar-refractivity contribution in [1.29, 1.82) is 0 Å². The van der Waals surface area contributed by atoms with Gasteiger partial charge in [0.1, 0.15) is 0 Å². The second kappa shape index (κ2) is 63.3. The maximum absolute atomic E-state index is 3.81. The Morgan fingerprint density at radius 3 is 0.599 bits per heavy atom. The average Bonchev–Trinajstić information content (AvgIpc) is 0.783. The predicted octanol–water partition coefficient (Wildman–Crippen LogP) is 36.1. The minimum absolute atomic E-state index is 0.377. The van der Waals surface area contributed by atoms with E-state index in [0.29, 0.717) is 92.2 Å². The number of hydrogen-bond donors (Lipinski definition) is 2. The first-order valence-electron chi connectivity index (χ1n) is 60.8. The SMILES string of the molecule is C=C(C)NCCNCCCCCCCC(C)(C)C.CC(C)(C)C1CN(C(C)(C)C)C1.CC(C)(C)CCCCCCCN1CC(C(C)(C)C)C1.CC(C)(C)CCCCCCN1CC(C(C)(C)C)C1.CC(C)(C)CCCCCN1CC(C(C)(C)C)C1.CC(C)(C)CCCCN1CC(C(C)(C)C)C1.CC(C)(C)CCCN1CC(C(C)(C)C)C1.CC(C)(C)CCN1CC(C(C)(C)C)C1.CC(C)(C)CN1CC(C(C)(C)C)C1. The lowest BCUT2D eigenvalue weighted by atomic mass is 9.74. The van der Waals surface area contributed by atoms with Gasteiger partial charge in [0.25, 0.3) is 0 Å². The van der Waals surface area contributed by atoms with Gasteiger partial charge in [-0.05, 0) is 291 Å². The highest BCUT2D eigenvalue weighted by Gasteiger charge is 2.44. The zero-order chi connectivity index (χ0) is 110. The normalized spacial score (nSPS) is 19.0. The first-order chi connectivity index (χ1) is 63.9. The van der Waals surface area contributed by atoms with Crippen LogP contribution in [-0.2, 0) is 0 Å². The fourth-order valence-corrected chi connectivity index (χ4v) is 19.6. The first-order valence-corrected chi connectivity index (χ1v) is 60.8. The van der Waals surface area contributed by atoms with E-state index in [0.717, 1.165) is 72.7 Å². The molecule has 8 fully saturated rings. The van der Waals surface area contributed by atoms with Crippen LogP contribution < -0.4 is 10.6 Å². The van der Waals surface area contributed by atoms with Crippen LogP contribution in [0, 0.1) is 134 Å². The van der Waals surface area contributed by atoms with Crippen LogP contribution in [0.1, 0.15) is 533 Å². The van der Waals surface area contributed by atoms with Gasteiger partial charge in [0.2, 0.25) is 0 Å². The summed E-state index contributed by atoms with van der Waals surface area (Å²) in [5.74, 6) is 7.37. The third-order valence-corrected chi connectivity index (χ3v) is 32.7. The zero-order valence-corrected chi connectivity index (χ0v) is 108. The smallest absolute Gasteiger partial charge is 0.0268 e. The fourth-order valence-electron chi connectivity index (χ4n) is 19.6. The Hall–Kier alpha value is -0.820. The molecular weight excluding hydrogens is 1730 g/mol. The summed E-state index contributed by atoms with van der Waals surface area (Å²) in [5.41, 5.74) is 9.60. The molecular formula is C132H274N10. The quantitative estimate of drug-likeness (QED) is 0.0582. The molecule has 8 heterocycles. The largest absolute Gasteiger partial charge is 0.388 e. The molecule has 0 aliphatic carbocycles. The molecule has 0 amide bonds. The van der Waals surface area contributed by atoms with E-state index in [2.05, 4.69) is 410 Å². The van der Waals surface area contributed by atoms with Gasteiger partial charge in [0.15, 0.2) is 0 Å². The van der Waals surface area contributed by atoms with Crippen molar-refractivity contribution in [3.63, 3.8) is 0 Å². The molecule has 0 bridgehead atoms. The Morgan fingerprint density at radius 2 is 0.373 bits per heavy atom. The van der Waals surface area contributed by atoms with Crippen LogP contribution in [0.2, 0.25) is 0 Å². The van der Waals surface area contributed by atoms with Crippen molar-refractivity contribution in [2.45, 2.75) is 539 Å². The van der Waals surface area contributed by atoms with Crippen LogP contribution in [-0.4, -0.2) is 215 Å². The van der Waals surface area contributed by atoms with Crippen LogP contribution in [0.4, 0.5) is 0 Å². The fraction of sp³-hybridized carbons (Fsp3) is 0.985. The summed E-state index contributed by atoms with van der Waals surface area (Å²) < 4.78 is 0. The van der Waals surface area contributed by atoms with Crippen molar-refractivity contribution >= 4 is 0 Å². The molecule has 0 aromatic carbocycles. The molecule has 0 aromatic heterocycles. The predicted molar refractivity (Wildman–Crippen MR) is 646 cm³/mol. The number of hydrogen-bond acceptors (Lipinski definition) is 10. The molecule has 142 heavy (non-hydrogen) atoms. The van der Waals surface area contributed by atoms with Crippen LogP contribution in [0.25, 0.3) is 0 Å². The van der Waals surface area contributed by atoms with E-state index in [1.807, 2.05) is 6.92 Å². The summed E-state index contributed by atoms with van der Waals surface area (Å²) in [6.07, 6.45) is 37.5. The highest BCUT2D eigenvalue weighted by atomic mass is 15.3.